The number of carbonyl (C=O) groups is 1. The van der Waals surface area contributed by atoms with Gasteiger partial charge in [0, 0.05) is 32.5 Å². The number of likely N-dealkylation sites (tertiary alicyclic amines) is 1. The van der Waals surface area contributed by atoms with Gasteiger partial charge in [-0.25, -0.2) is 0 Å². The summed E-state index contributed by atoms with van der Waals surface area (Å²) in [5.41, 5.74) is 1.56. The molecule has 2 aromatic rings. The Morgan fingerprint density at radius 3 is 2.45 bits per heavy atom. The molecule has 0 aliphatic carbocycles. The number of aromatic nitrogens is 2. The van der Waals surface area contributed by atoms with Crippen molar-refractivity contribution >= 4 is 11.7 Å². The van der Waals surface area contributed by atoms with Gasteiger partial charge in [0.15, 0.2) is 11.5 Å². The highest BCUT2D eigenvalue weighted by atomic mass is 16.7. The van der Waals surface area contributed by atoms with Gasteiger partial charge in [-0.15, -0.1) is 10.2 Å². The second-order valence-electron chi connectivity index (χ2n) is 7.23. The summed E-state index contributed by atoms with van der Waals surface area (Å²) in [5.74, 6) is 0.913. The molecule has 154 valence electrons. The Hall–Kier alpha value is -2.71. The van der Waals surface area contributed by atoms with Crippen LogP contribution in [0.25, 0.3) is 0 Å². The maximum Gasteiger partial charge on any atom is 0.274 e. The zero-order valence-electron chi connectivity index (χ0n) is 16.6. The molecular weight excluding hydrogens is 372 g/mol. The molecule has 0 saturated carbocycles. The molecule has 8 heteroatoms. The number of hydrogen-bond acceptors (Lipinski definition) is 7. The van der Waals surface area contributed by atoms with Crippen LogP contribution in [0.15, 0.2) is 36.4 Å². The van der Waals surface area contributed by atoms with Gasteiger partial charge in [-0.05, 0) is 36.2 Å². The summed E-state index contributed by atoms with van der Waals surface area (Å²) in [6, 6.07) is 11.5. The number of nitrogens with one attached hydrogen (secondary N) is 1. The third kappa shape index (κ3) is 4.65. The molecule has 1 amide bonds. The van der Waals surface area contributed by atoms with Crippen molar-refractivity contribution in [2.75, 3.05) is 45.3 Å². The standard InChI is InChI=1S/C21H26N4O4/c1-27-17-4-2-16(3-5-17)8-11-22-19-7-6-18(23-24-19)20(26)25-12-9-21(10-13-25)28-14-15-29-21/h2-7H,8-15H2,1H3,(H,22,24). The summed E-state index contributed by atoms with van der Waals surface area (Å²) in [4.78, 5) is 14.5. The van der Waals surface area contributed by atoms with E-state index in [1.165, 1.54) is 5.56 Å². The van der Waals surface area contributed by atoms with Gasteiger partial charge < -0.3 is 24.4 Å². The SMILES string of the molecule is COc1ccc(CCNc2ccc(C(=O)N3CCC4(CC3)OCCO4)nn2)cc1. The minimum absolute atomic E-state index is 0.102. The summed E-state index contributed by atoms with van der Waals surface area (Å²) < 4.78 is 16.6. The van der Waals surface area contributed by atoms with Crippen LogP contribution >= 0.6 is 0 Å². The number of methoxy groups -OCH3 is 1. The molecule has 0 unspecified atom stereocenters. The number of ether oxygens (including phenoxy) is 3. The average Bonchev–Trinajstić information content (AvgIpc) is 3.23. The summed E-state index contributed by atoms with van der Waals surface area (Å²) in [7, 11) is 1.66. The first-order chi connectivity index (χ1) is 14.2. The van der Waals surface area contributed by atoms with Crippen molar-refractivity contribution in [2.45, 2.75) is 25.0 Å². The third-order valence-electron chi connectivity index (χ3n) is 5.39. The van der Waals surface area contributed by atoms with Crippen molar-refractivity contribution < 1.29 is 19.0 Å². The highest BCUT2D eigenvalue weighted by Gasteiger charge is 2.41. The van der Waals surface area contributed by atoms with Crippen molar-refractivity contribution in [3.05, 3.63) is 47.7 Å². The number of amides is 1. The Labute approximate surface area is 170 Å². The van der Waals surface area contributed by atoms with E-state index in [4.69, 9.17) is 14.2 Å². The number of hydrogen-bond donors (Lipinski definition) is 1. The minimum Gasteiger partial charge on any atom is -0.497 e. The largest absolute Gasteiger partial charge is 0.497 e. The number of benzene rings is 1. The second kappa shape index (κ2) is 8.75. The smallest absolute Gasteiger partial charge is 0.274 e. The van der Waals surface area contributed by atoms with Crippen LogP contribution in [0.3, 0.4) is 0 Å². The van der Waals surface area contributed by atoms with Crippen molar-refractivity contribution in [3.8, 4) is 5.75 Å². The Kier molecular flexibility index (Phi) is 5.92. The van der Waals surface area contributed by atoms with E-state index in [1.54, 1.807) is 24.1 Å². The van der Waals surface area contributed by atoms with Crippen LogP contribution in [0.4, 0.5) is 5.82 Å². The molecule has 2 saturated heterocycles. The summed E-state index contributed by atoms with van der Waals surface area (Å²) >= 11 is 0. The fourth-order valence-corrected chi connectivity index (χ4v) is 3.67. The zero-order chi connectivity index (χ0) is 20.1. The van der Waals surface area contributed by atoms with E-state index in [-0.39, 0.29) is 5.91 Å². The number of rotatable bonds is 6. The predicted molar refractivity (Wildman–Crippen MR) is 107 cm³/mol. The predicted octanol–water partition coefficient (Wildman–Crippen LogP) is 2.12. The van der Waals surface area contributed by atoms with Crippen molar-refractivity contribution in [2.24, 2.45) is 0 Å². The van der Waals surface area contributed by atoms with Crippen LogP contribution in [0.5, 0.6) is 5.75 Å². The highest BCUT2D eigenvalue weighted by molar-refractivity contribution is 5.92. The van der Waals surface area contributed by atoms with E-state index in [0.717, 1.165) is 18.7 Å². The van der Waals surface area contributed by atoms with Gasteiger partial charge in [0.05, 0.1) is 20.3 Å². The number of carbonyl (C=O) groups excluding carboxylic acids is 1. The fraction of sp³-hybridized carbons (Fsp3) is 0.476. The van der Waals surface area contributed by atoms with Crippen LogP contribution < -0.4 is 10.1 Å². The molecule has 1 aromatic heterocycles. The van der Waals surface area contributed by atoms with Gasteiger partial charge in [0.25, 0.3) is 5.91 Å². The molecule has 0 radical (unpaired) electrons. The van der Waals surface area contributed by atoms with E-state index >= 15 is 0 Å². The van der Waals surface area contributed by atoms with Gasteiger partial charge in [-0.2, -0.15) is 0 Å². The molecule has 3 heterocycles. The van der Waals surface area contributed by atoms with Crippen LogP contribution in [0, 0.1) is 0 Å². The Morgan fingerprint density at radius 1 is 1.10 bits per heavy atom. The highest BCUT2D eigenvalue weighted by Crippen LogP contribution is 2.31. The van der Waals surface area contributed by atoms with Crippen molar-refractivity contribution in [1.29, 1.82) is 0 Å². The van der Waals surface area contributed by atoms with E-state index < -0.39 is 5.79 Å². The van der Waals surface area contributed by atoms with E-state index in [1.807, 2.05) is 24.3 Å². The molecule has 4 rings (SSSR count). The monoisotopic (exact) mass is 398 g/mol. The maximum absolute atomic E-state index is 12.7. The molecule has 2 fully saturated rings. The molecular formula is C21H26N4O4. The Bertz CT molecular complexity index is 810. The molecule has 1 spiro atoms. The molecule has 29 heavy (non-hydrogen) atoms. The van der Waals surface area contributed by atoms with Crippen LogP contribution in [-0.4, -0.2) is 66.7 Å². The van der Waals surface area contributed by atoms with Gasteiger partial charge in [0.1, 0.15) is 11.6 Å². The second-order valence-corrected chi connectivity index (χ2v) is 7.23. The van der Waals surface area contributed by atoms with Crippen molar-refractivity contribution in [3.63, 3.8) is 0 Å². The van der Waals surface area contributed by atoms with Gasteiger partial charge in [-0.3, -0.25) is 4.79 Å². The molecule has 2 aliphatic rings. The lowest BCUT2D eigenvalue weighted by atomic mass is 10.0. The van der Waals surface area contributed by atoms with E-state index in [9.17, 15) is 4.79 Å². The summed E-state index contributed by atoms with van der Waals surface area (Å²) in [6.45, 7) is 3.19. The summed E-state index contributed by atoms with van der Waals surface area (Å²) in [5, 5.41) is 11.5. The Balaban J connectivity index is 1.25. The van der Waals surface area contributed by atoms with Crippen molar-refractivity contribution in [1.82, 2.24) is 15.1 Å². The van der Waals surface area contributed by atoms with E-state index in [0.29, 0.717) is 50.7 Å². The third-order valence-corrected chi connectivity index (χ3v) is 5.39. The Morgan fingerprint density at radius 2 is 1.83 bits per heavy atom. The normalized spacial score (nSPS) is 18.0. The molecule has 2 aliphatic heterocycles. The molecule has 0 atom stereocenters. The lowest BCUT2D eigenvalue weighted by molar-refractivity contribution is -0.181. The molecule has 8 nitrogen and oxygen atoms in total. The fourth-order valence-electron chi connectivity index (χ4n) is 3.67. The van der Waals surface area contributed by atoms with Crippen LogP contribution in [0.2, 0.25) is 0 Å². The summed E-state index contributed by atoms with van der Waals surface area (Å²) in [6.07, 6.45) is 2.24. The van der Waals surface area contributed by atoms with Gasteiger partial charge in [0.2, 0.25) is 0 Å². The lowest BCUT2D eigenvalue weighted by Crippen LogP contribution is -2.47. The average molecular weight is 398 g/mol. The quantitative estimate of drug-likeness (QED) is 0.798. The van der Waals surface area contributed by atoms with Crippen LogP contribution in [-0.2, 0) is 15.9 Å². The first kappa shape index (κ1) is 19.6. The molecule has 0 bridgehead atoms. The molecule has 1 N–H and O–H groups in total. The van der Waals surface area contributed by atoms with Crippen LogP contribution in [0.1, 0.15) is 28.9 Å². The van der Waals surface area contributed by atoms with Gasteiger partial charge >= 0.3 is 0 Å². The number of anilines is 1. The first-order valence-electron chi connectivity index (χ1n) is 9.95. The molecule has 1 aromatic carbocycles. The topological polar surface area (TPSA) is 85.8 Å². The maximum atomic E-state index is 12.7. The first-order valence-corrected chi connectivity index (χ1v) is 9.95. The zero-order valence-corrected chi connectivity index (χ0v) is 16.6. The number of nitrogens with zero attached hydrogens (tertiary/aromatic N) is 3. The van der Waals surface area contributed by atoms with Gasteiger partial charge in [-0.1, -0.05) is 12.1 Å². The van der Waals surface area contributed by atoms with E-state index in [2.05, 4.69) is 15.5 Å². The lowest BCUT2D eigenvalue weighted by Gasteiger charge is -2.37. The number of piperidine rings is 1. The minimum atomic E-state index is -0.486.